The molecule has 0 fully saturated rings. The minimum atomic E-state index is -0.530. The minimum absolute atomic E-state index is 0.0585. The predicted molar refractivity (Wildman–Crippen MR) is 75.4 cm³/mol. The molecule has 5 nitrogen and oxygen atoms in total. The van der Waals surface area contributed by atoms with Crippen LogP contribution in [0.1, 0.15) is 26.3 Å². The van der Waals surface area contributed by atoms with Crippen LogP contribution in [0, 0.1) is 0 Å². The molecule has 1 rings (SSSR count). The maximum absolute atomic E-state index is 11.2. The Bertz CT molecular complexity index is 442. The van der Waals surface area contributed by atoms with Gasteiger partial charge in [-0.25, -0.2) is 0 Å². The van der Waals surface area contributed by atoms with Gasteiger partial charge in [-0.2, -0.15) is 0 Å². The van der Waals surface area contributed by atoms with E-state index in [4.69, 9.17) is 10.5 Å². The van der Waals surface area contributed by atoms with Crippen LogP contribution in [0.25, 0.3) is 0 Å². The van der Waals surface area contributed by atoms with Gasteiger partial charge in [-0.15, -0.1) is 0 Å². The van der Waals surface area contributed by atoms with Gasteiger partial charge in [-0.1, -0.05) is 13.0 Å². The summed E-state index contributed by atoms with van der Waals surface area (Å²) in [5, 5.41) is 12.2. The number of aliphatic hydroxyl groups is 1. The summed E-state index contributed by atoms with van der Waals surface area (Å²) in [7, 11) is 0. The second-order valence-electron chi connectivity index (χ2n) is 4.75. The van der Waals surface area contributed by atoms with E-state index >= 15 is 0 Å². The Kier molecular flexibility index (Phi) is 5.32. The summed E-state index contributed by atoms with van der Waals surface area (Å²) in [6, 6.07) is 5.45. The molecular weight excluding hydrogens is 244 g/mol. The molecule has 4 N–H and O–H groups in total. The van der Waals surface area contributed by atoms with Crippen LogP contribution in [0.4, 0.5) is 5.69 Å². The van der Waals surface area contributed by atoms with Crippen molar-refractivity contribution in [1.29, 1.82) is 0 Å². The minimum Gasteiger partial charge on any atom is -0.492 e. The van der Waals surface area contributed by atoms with Crippen LogP contribution < -0.4 is 15.8 Å². The lowest BCUT2D eigenvalue weighted by Gasteiger charge is -2.27. The SMILES string of the molecule is CCOc1ccc(C(C)(CN)CO)cc1NC(C)=O. The Balaban J connectivity index is 3.20. The van der Waals surface area contributed by atoms with E-state index in [2.05, 4.69) is 5.32 Å². The number of ether oxygens (including phenoxy) is 1. The summed E-state index contributed by atoms with van der Waals surface area (Å²) < 4.78 is 5.46. The van der Waals surface area contributed by atoms with Crippen molar-refractivity contribution in [2.75, 3.05) is 25.1 Å². The van der Waals surface area contributed by atoms with Crippen molar-refractivity contribution in [3.63, 3.8) is 0 Å². The third-order valence-corrected chi connectivity index (χ3v) is 3.09. The van der Waals surface area contributed by atoms with Gasteiger partial charge in [0.1, 0.15) is 5.75 Å². The van der Waals surface area contributed by atoms with E-state index in [1.165, 1.54) is 6.92 Å². The van der Waals surface area contributed by atoms with Crippen LogP contribution in [0.3, 0.4) is 0 Å². The molecular formula is C14H22N2O3. The van der Waals surface area contributed by atoms with E-state index < -0.39 is 5.41 Å². The van der Waals surface area contributed by atoms with E-state index in [-0.39, 0.29) is 12.5 Å². The monoisotopic (exact) mass is 266 g/mol. The first-order valence-corrected chi connectivity index (χ1v) is 6.32. The third kappa shape index (κ3) is 3.68. The quantitative estimate of drug-likeness (QED) is 0.723. The average molecular weight is 266 g/mol. The normalized spacial score (nSPS) is 13.7. The van der Waals surface area contributed by atoms with Crippen LogP contribution in [-0.2, 0) is 10.2 Å². The summed E-state index contributed by atoms with van der Waals surface area (Å²) in [4.78, 5) is 11.2. The first-order valence-electron chi connectivity index (χ1n) is 6.32. The second-order valence-corrected chi connectivity index (χ2v) is 4.75. The molecule has 1 atom stereocenters. The zero-order chi connectivity index (χ0) is 14.5. The fourth-order valence-electron chi connectivity index (χ4n) is 1.75. The highest BCUT2D eigenvalue weighted by Gasteiger charge is 2.25. The molecule has 1 aromatic rings. The van der Waals surface area contributed by atoms with Crippen molar-refractivity contribution >= 4 is 11.6 Å². The van der Waals surface area contributed by atoms with E-state index in [1.54, 1.807) is 12.1 Å². The molecule has 0 aliphatic carbocycles. The number of hydrogen-bond donors (Lipinski definition) is 3. The number of benzene rings is 1. The van der Waals surface area contributed by atoms with Crippen LogP contribution in [0.2, 0.25) is 0 Å². The Hall–Kier alpha value is -1.59. The van der Waals surface area contributed by atoms with E-state index in [9.17, 15) is 9.90 Å². The van der Waals surface area contributed by atoms with Gasteiger partial charge in [-0.3, -0.25) is 4.79 Å². The van der Waals surface area contributed by atoms with Crippen molar-refractivity contribution < 1.29 is 14.6 Å². The standard InChI is InChI=1S/C14H22N2O3/c1-4-19-13-6-5-11(14(3,8-15)9-17)7-12(13)16-10(2)18/h5-7,17H,4,8-9,15H2,1-3H3,(H,16,18). The number of rotatable bonds is 6. The lowest BCUT2D eigenvalue weighted by molar-refractivity contribution is -0.114. The fourth-order valence-corrected chi connectivity index (χ4v) is 1.75. The van der Waals surface area contributed by atoms with Gasteiger partial charge in [0.05, 0.1) is 18.9 Å². The Labute approximate surface area is 113 Å². The van der Waals surface area contributed by atoms with Crippen molar-refractivity contribution in [1.82, 2.24) is 0 Å². The maximum Gasteiger partial charge on any atom is 0.221 e. The molecule has 19 heavy (non-hydrogen) atoms. The maximum atomic E-state index is 11.2. The highest BCUT2D eigenvalue weighted by molar-refractivity contribution is 5.90. The second kappa shape index (κ2) is 6.54. The van der Waals surface area contributed by atoms with Crippen LogP contribution in [-0.4, -0.2) is 30.8 Å². The molecule has 0 aliphatic heterocycles. The fraction of sp³-hybridized carbons (Fsp3) is 0.500. The number of carbonyl (C=O) groups excluding carboxylic acids is 1. The van der Waals surface area contributed by atoms with Crippen LogP contribution in [0.5, 0.6) is 5.75 Å². The molecule has 0 radical (unpaired) electrons. The van der Waals surface area contributed by atoms with Gasteiger partial charge in [-0.05, 0) is 24.6 Å². The Morgan fingerprint density at radius 2 is 2.21 bits per heavy atom. The van der Waals surface area contributed by atoms with Gasteiger partial charge in [0.2, 0.25) is 5.91 Å². The largest absolute Gasteiger partial charge is 0.492 e. The van der Waals surface area contributed by atoms with Crippen molar-refractivity contribution in [3.8, 4) is 5.75 Å². The zero-order valence-corrected chi connectivity index (χ0v) is 11.7. The molecule has 1 amide bonds. The molecule has 0 spiro atoms. The summed E-state index contributed by atoms with van der Waals surface area (Å²) in [6.07, 6.45) is 0. The van der Waals surface area contributed by atoms with Gasteiger partial charge < -0.3 is 20.9 Å². The van der Waals surface area contributed by atoms with Crippen molar-refractivity contribution in [3.05, 3.63) is 23.8 Å². The number of amides is 1. The average Bonchev–Trinajstić information content (AvgIpc) is 2.39. The molecule has 0 aromatic heterocycles. The number of aliphatic hydroxyl groups excluding tert-OH is 1. The molecule has 5 heteroatoms. The van der Waals surface area contributed by atoms with Crippen molar-refractivity contribution in [2.24, 2.45) is 5.73 Å². The highest BCUT2D eigenvalue weighted by Crippen LogP contribution is 2.31. The molecule has 0 bridgehead atoms. The number of hydrogen-bond acceptors (Lipinski definition) is 4. The third-order valence-electron chi connectivity index (χ3n) is 3.09. The van der Waals surface area contributed by atoms with E-state index in [0.29, 0.717) is 24.6 Å². The highest BCUT2D eigenvalue weighted by atomic mass is 16.5. The summed E-state index contributed by atoms with van der Waals surface area (Å²) in [5.74, 6) is 0.440. The van der Waals surface area contributed by atoms with E-state index in [0.717, 1.165) is 5.56 Å². The molecule has 0 heterocycles. The molecule has 1 unspecified atom stereocenters. The smallest absolute Gasteiger partial charge is 0.221 e. The molecule has 0 saturated carbocycles. The molecule has 0 saturated heterocycles. The van der Waals surface area contributed by atoms with E-state index in [1.807, 2.05) is 19.9 Å². The van der Waals surface area contributed by atoms with Gasteiger partial charge in [0.25, 0.3) is 0 Å². The molecule has 106 valence electrons. The van der Waals surface area contributed by atoms with Gasteiger partial charge in [0, 0.05) is 18.9 Å². The first kappa shape index (κ1) is 15.5. The predicted octanol–water partition coefficient (Wildman–Crippen LogP) is 1.25. The van der Waals surface area contributed by atoms with Crippen LogP contribution >= 0.6 is 0 Å². The number of nitrogens with one attached hydrogen (secondary N) is 1. The Morgan fingerprint density at radius 3 is 2.68 bits per heavy atom. The molecule has 1 aromatic carbocycles. The van der Waals surface area contributed by atoms with Crippen LogP contribution in [0.15, 0.2) is 18.2 Å². The lowest BCUT2D eigenvalue weighted by Crippen LogP contribution is -2.35. The molecule has 0 aliphatic rings. The topological polar surface area (TPSA) is 84.6 Å². The van der Waals surface area contributed by atoms with Gasteiger partial charge in [0.15, 0.2) is 0 Å². The zero-order valence-electron chi connectivity index (χ0n) is 11.7. The lowest BCUT2D eigenvalue weighted by atomic mass is 9.83. The summed E-state index contributed by atoms with van der Waals surface area (Å²) in [6.45, 7) is 5.97. The summed E-state index contributed by atoms with van der Waals surface area (Å²) in [5.41, 5.74) is 6.65. The first-order chi connectivity index (χ1) is 8.96. The Morgan fingerprint density at radius 1 is 1.53 bits per heavy atom. The number of carbonyl (C=O) groups is 1. The van der Waals surface area contributed by atoms with Crippen molar-refractivity contribution in [2.45, 2.75) is 26.2 Å². The number of anilines is 1. The number of nitrogens with two attached hydrogens (primary N) is 1. The van der Waals surface area contributed by atoms with Gasteiger partial charge >= 0.3 is 0 Å². The summed E-state index contributed by atoms with van der Waals surface area (Å²) >= 11 is 0.